The number of hydrogen-bond acceptors (Lipinski definition) is 0. The predicted octanol–water partition coefficient (Wildman–Crippen LogP) is 19.8. The van der Waals surface area contributed by atoms with Crippen LogP contribution in [0.4, 0.5) is 0 Å². The molecule has 0 aliphatic heterocycles. The minimum Gasteiger partial charge on any atom is -0.0616 e. The van der Waals surface area contributed by atoms with Crippen LogP contribution >= 0.6 is 0 Å². The van der Waals surface area contributed by atoms with Gasteiger partial charge < -0.3 is 0 Å². The summed E-state index contributed by atoms with van der Waals surface area (Å²) in [6.07, 6.45) is 0. The summed E-state index contributed by atoms with van der Waals surface area (Å²) < 4.78 is 0. The second kappa shape index (κ2) is 16.3. The average molecular weight is 885 g/mol. The Bertz CT molecular complexity index is 4010. The maximum absolute atomic E-state index is 2.43. The van der Waals surface area contributed by atoms with Crippen molar-refractivity contribution in [3.05, 3.63) is 267 Å². The van der Waals surface area contributed by atoms with E-state index in [1.807, 2.05) is 0 Å². The molecule has 0 atom stereocenters. The smallest absolute Gasteiger partial charge is 0.00201 e. The lowest BCUT2D eigenvalue weighted by Crippen LogP contribution is -1.93. The molecule has 70 heavy (non-hydrogen) atoms. The fourth-order valence-corrected chi connectivity index (χ4v) is 11.7. The number of fused-ring (bicyclic) bond motifs is 7. The molecule has 0 unspecified atom stereocenters. The highest BCUT2D eigenvalue weighted by Gasteiger charge is 2.21. The molecule has 0 saturated carbocycles. The van der Waals surface area contributed by atoms with E-state index in [9.17, 15) is 0 Å². The maximum atomic E-state index is 2.43. The van der Waals surface area contributed by atoms with Gasteiger partial charge in [0.2, 0.25) is 0 Å². The van der Waals surface area contributed by atoms with Crippen LogP contribution in [0.5, 0.6) is 0 Å². The molecule has 0 amide bonds. The quantitative estimate of drug-likeness (QED) is 0.146. The Balaban J connectivity index is 0.970. The second-order valence-corrected chi connectivity index (χ2v) is 18.6. The van der Waals surface area contributed by atoms with Crippen LogP contribution < -0.4 is 0 Å². The summed E-state index contributed by atoms with van der Waals surface area (Å²) in [7, 11) is 0. The van der Waals surface area contributed by atoms with Crippen LogP contribution in [-0.2, 0) is 0 Å². The Morgan fingerprint density at radius 1 is 0.143 bits per heavy atom. The summed E-state index contributed by atoms with van der Waals surface area (Å²) in [5, 5.41) is 17.5. The van der Waals surface area contributed by atoms with E-state index in [2.05, 4.69) is 267 Å². The van der Waals surface area contributed by atoms with Crippen molar-refractivity contribution in [1.29, 1.82) is 0 Å². The molecule has 0 fully saturated rings. The molecule has 0 heterocycles. The zero-order valence-corrected chi connectivity index (χ0v) is 38.4. The molecule has 14 aromatic rings. The maximum Gasteiger partial charge on any atom is -0.00201 e. The first-order valence-electron chi connectivity index (χ1n) is 24.3. The zero-order chi connectivity index (χ0) is 46.1. The first-order valence-corrected chi connectivity index (χ1v) is 24.3. The van der Waals surface area contributed by atoms with Crippen LogP contribution in [0.1, 0.15) is 0 Å². The highest BCUT2D eigenvalue weighted by molar-refractivity contribution is 6.25. The molecule has 0 saturated heterocycles. The number of rotatable bonds is 6. The van der Waals surface area contributed by atoms with Crippen molar-refractivity contribution in [2.45, 2.75) is 0 Å². The van der Waals surface area contributed by atoms with Crippen LogP contribution in [0.2, 0.25) is 0 Å². The van der Waals surface area contributed by atoms with Crippen LogP contribution in [0, 0.1) is 0 Å². The van der Waals surface area contributed by atoms with Crippen molar-refractivity contribution in [3.63, 3.8) is 0 Å². The second-order valence-electron chi connectivity index (χ2n) is 18.6. The molecule has 0 aliphatic carbocycles. The Kier molecular flexibility index (Phi) is 9.32. The van der Waals surface area contributed by atoms with E-state index in [1.165, 1.54) is 142 Å². The number of benzene rings is 14. The molecule has 0 N–H and O–H groups in total. The van der Waals surface area contributed by atoms with Gasteiger partial charge in [-0.05, 0) is 166 Å². The van der Waals surface area contributed by atoms with Crippen molar-refractivity contribution in [2.75, 3.05) is 0 Å². The third kappa shape index (κ3) is 6.38. The van der Waals surface area contributed by atoms with Gasteiger partial charge in [0.15, 0.2) is 0 Å². The fourth-order valence-electron chi connectivity index (χ4n) is 11.7. The van der Waals surface area contributed by atoms with E-state index in [-0.39, 0.29) is 0 Å². The molecule has 0 bridgehead atoms. The minimum absolute atomic E-state index is 1.19. The standard InChI is InChI=1S/C70H44/c1-2-22-48-44-66(50-26-16-28-52(42-50)68-59-33-9-13-37-63(59)70(64-38-14-10-34-60(64)68)56-40-18-24-46-20-4-6-30-54(46)56)65(43-47(48)21-1)49-25-15-27-51(41-49)67-57-31-7-11-35-61(57)69(62-36-12-8-32-58(62)67)55-39-17-23-45-19-3-5-29-53(45)55/h1-44H. The summed E-state index contributed by atoms with van der Waals surface area (Å²) >= 11 is 0. The first kappa shape index (κ1) is 40.0. The van der Waals surface area contributed by atoms with Gasteiger partial charge in [0, 0.05) is 0 Å². The Morgan fingerprint density at radius 3 is 0.757 bits per heavy atom. The van der Waals surface area contributed by atoms with Gasteiger partial charge in [-0.3, -0.25) is 0 Å². The molecule has 14 aromatic carbocycles. The van der Waals surface area contributed by atoms with Crippen molar-refractivity contribution < 1.29 is 0 Å². The van der Waals surface area contributed by atoms with E-state index in [0.717, 1.165) is 0 Å². The van der Waals surface area contributed by atoms with E-state index in [0.29, 0.717) is 0 Å². The lowest BCUT2D eigenvalue weighted by molar-refractivity contribution is 1.59. The van der Waals surface area contributed by atoms with Crippen molar-refractivity contribution in [3.8, 4) is 66.8 Å². The Labute approximate surface area is 407 Å². The van der Waals surface area contributed by atoms with Crippen molar-refractivity contribution in [1.82, 2.24) is 0 Å². The number of hydrogen-bond donors (Lipinski definition) is 0. The van der Waals surface area contributed by atoms with Crippen molar-refractivity contribution in [2.24, 2.45) is 0 Å². The largest absolute Gasteiger partial charge is 0.0616 e. The van der Waals surface area contributed by atoms with E-state index in [4.69, 9.17) is 0 Å². The van der Waals surface area contributed by atoms with Crippen LogP contribution in [-0.4, -0.2) is 0 Å². The van der Waals surface area contributed by atoms with Gasteiger partial charge in [-0.25, -0.2) is 0 Å². The summed E-state index contributed by atoms with van der Waals surface area (Å²) in [5.74, 6) is 0. The molecule has 0 radical (unpaired) electrons. The van der Waals surface area contributed by atoms with Gasteiger partial charge in [0.05, 0.1) is 0 Å². The SMILES string of the molecule is c1cc(-c2cc3ccccc3cc2-c2cccc(-c3c4ccccc4c(-c4cccc5ccccc45)c4ccccc34)c2)cc(-c2c3ccccc3c(-c3cccc4ccccc34)c3ccccc23)c1. The normalized spacial score (nSPS) is 11.7. The Morgan fingerprint density at radius 2 is 0.400 bits per heavy atom. The molecule has 0 aromatic heterocycles. The topological polar surface area (TPSA) is 0 Å². The van der Waals surface area contributed by atoms with Gasteiger partial charge in [-0.1, -0.05) is 243 Å². The predicted molar refractivity (Wildman–Crippen MR) is 302 cm³/mol. The molecular weight excluding hydrogens is 841 g/mol. The van der Waals surface area contributed by atoms with Gasteiger partial charge in [0.25, 0.3) is 0 Å². The summed E-state index contributed by atoms with van der Waals surface area (Å²) in [4.78, 5) is 0. The van der Waals surface area contributed by atoms with E-state index in [1.54, 1.807) is 0 Å². The summed E-state index contributed by atoms with van der Waals surface area (Å²) in [6, 6.07) is 99.1. The third-order valence-electron chi connectivity index (χ3n) is 14.8. The van der Waals surface area contributed by atoms with Crippen LogP contribution in [0.25, 0.3) is 142 Å². The molecule has 0 heteroatoms. The molecule has 14 rings (SSSR count). The van der Waals surface area contributed by atoms with Gasteiger partial charge in [-0.2, -0.15) is 0 Å². The van der Waals surface area contributed by atoms with Crippen LogP contribution in [0.15, 0.2) is 267 Å². The summed E-state index contributed by atoms with van der Waals surface area (Å²) in [6.45, 7) is 0. The Hall–Kier alpha value is -9.10. The monoisotopic (exact) mass is 884 g/mol. The first-order chi connectivity index (χ1) is 34.7. The lowest BCUT2D eigenvalue weighted by Gasteiger charge is -2.20. The molecule has 0 aliphatic rings. The van der Waals surface area contributed by atoms with Gasteiger partial charge in [0.1, 0.15) is 0 Å². The highest BCUT2D eigenvalue weighted by Crippen LogP contribution is 2.49. The van der Waals surface area contributed by atoms with Gasteiger partial charge >= 0.3 is 0 Å². The molecular formula is C70H44. The van der Waals surface area contributed by atoms with E-state index >= 15 is 0 Å². The molecule has 0 spiro atoms. The third-order valence-corrected chi connectivity index (χ3v) is 14.8. The minimum atomic E-state index is 1.19. The van der Waals surface area contributed by atoms with Gasteiger partial charge in [-0.15, -0.1) is 0 Å². The lowest BCUT2D eigenvalue weighted by atomic mass is 9.83. The summed E-state index contributed by atoms with van der Waals surface area (Å²) in [5.41, 5.74) is 14.8. The average Bonchev–Trinajstić information content (AvgIpc) is 3.43. The van der Waals surface area contributed by atoms with E-state index < -0.39 is 0 Å². The highest BCUT2D eigenvalue weighted by atomic mass is 14.2. The zero-order valence-electron chi connectivity index (χ0n) is 38.4. The van der Waals surface area contributed by atoms with Crippen molar-refractivity contribution >= 4 is 75.4 Å². The molecule has 0 nitrogen and oxygen atoms in total. The van der Waals surface area contributed by atoms with Crippen LogP contribution in [0.3, 0.4) is 0 Å². The fraction of sp³-hybridized carbons (Fsp3) is 0. The molecule has 324 valence electrons.